The van der Waals surface area contributed by atoms with Crippen molar-refractivity contribution in [2.24, 2.45) is 0 Å². The molecule has 0 unspecified atom stereocenters. The highest BCUT2D eigenvalue weighted by Gasteiger charge is 2.12. The molecule has 3 aromatic carbocycles. The van der Waals surface area contributed by atoms with E-state index in [1.165, 1.54) is 5.56 Å². The van der Waals surface area contributed by atoms with Gasteiger partial charge in [-0.2, -0.15) is 0 Å². The van der Waals surface area contributed by atoms with Crippen molar-refractivity contribution in [3.05, 3.63) is 93.5 Å². The normalized spacial score (nSPS) is 10.7. The Morgan fingerprint density at radius 3 is 2.21 bits per heavy atom. The van der Waals surface area contributed by atoms with Crippen LogP contribution in [0.4, 0.5) is 0 Å². The summed E-state index contributed by atoms with van der Waals surface area (Å²) in [6.45, 7) is 4.24. The minimum atomic E-state index is 0.349. The van der Waals surface area contributed by atoms with Gasteiger partial charge in [0.15, 0.2) is 11.5 Å². The van der Waals surface area contributed by atoms with Gasteiger partial charge in [-0.3, -0.25) is 0 Å². The molecule has 0 spiro atoms. The topological polar surface area (TPSA) is 30.5 Å². The van der Waals surface area contributed by atoms with Crippen LogP contribution in [0.5, 0.6) is 11.5 Å². The number of hydrogen-bond donors (Lipinski definition) is 1. The van der Waals surface area contributed by atoms with Crippen LogP contribution in [0.3, 0.4) is 0 Å². The van der Waals surface area contributed by atoms with Crippen molar-refractivity contribution >= 4 is 23.2 Å². The smallest absolute Gasteiger partial charge is 0.163 e. The minimum absolute atomic E-state index is 0.349. The van der Waals surface area contributed by atoms with E-state index < -0.39 is 0 Å². The Balaban J connectivity index is 1.69. The molecule has 0 aromatic heterocycles. The Labute approximate surface area is 176 Å². The van der Waals surface area contributed by atoms with Crippen LogP contribution < -0.4 is 14.8 Å². The third kappa shape index (κ3) is 5.65. The average Bonchev–Trinajstić information content (AvgIpc) is 2.71. The summed E-state index contributed by atoms with van der Waals surface area (Å²) in [5.74, 6) is 1.29. The fourth-order valence-corrected chi connectivity index (χ4v) is 3.21. The summed E-state index contributed by atoms with van der Waals surface area (Å²) in [4.78, 5) is 0. The van der Waals surface area contributed by atoms with Gasteiger partial charge in [-0.15, -0.1) is 0 Å². The van der Waals surface area contributed by atoms with Crippen LogP contribution in [-0.2, 0) is 19.7 Å². The summed E-state index contributed by atoms with van der Waals surface area (Å²) in [6.07, 6.45) is 0. The van der Waals surface area contributed by atoms with Crippen molar-refractivity contribution in [3.63, 3.8) is 0 Å². The molecule has 28 heavy (non-hydrogen) atoms. The van der Waals surface area contributed by atoms with Crippen molar-refractivity contribution < 1.29 is 9.47 Å². The molecule has 0 aliphatic heterocycles. The van der Waals surface area contributed by atoms with Gasteiger partial charge in [0.05, 0.1) is 6.61 Å². The molecule has 0 saturated heterocycles. The van der Waals surface area contributed by atoms with Gasteiger partial charge in [-0.05, 0) is 30.2 Å². The molecule has 1 N–H and O–H groups in total. The summed E-state index contributed by atoms with van der Waals surface area (Å²) >= 11 is 12.7. The van der Waals surface area contributed by atoms with Crippen LogP contribution in [0.15, 0.2) is 66.7 Å². The molecule has 0 saturated carbocycles. The van der Waals surface area contributed by atoms with Gasteiger partial charge in [0.2, 0.25) is 0 Å². The van der Waals surface area contributed by atoms with Crippen LogP contribution in [0.2, 0.25) is 10.0 Å². The van der Waals surface area contributed by atoms with Gasteiger partial charge in [0.25, 0.3) is 0 Å². The number of benzene rings is 3. The quantitative estimate of drug-likeness (QED) is 0.447. The number of rotatable bonds is 9. The van der Waals surface area contributed by atoms with E-state index in [1.807, 2.05) is 61.5 Å². The average molecular weight is 416 g/mol. The van der Waals surface area contributed by atoms with Gasteiger partial charge in [-0.1, -0.05) is 71.7 Å². The third-order valence-electron chi connectivity index (χ3n) is 4.24. The lowest BCUT2D eigenvalue weighted by Crippen LogP contribution is -2.13. The third-order valence-corrected chi connectivity index (χ3v) is 4.96. The lowest BCUT2D eigenvalue weighted by molar-refractivity contribution is 0.269. The fraction of sp³-hybridized carbons (Fsp3) is 0.217. The predicted octanol–water partition coefficient (Wildman–Crippen LogP) is 6.26. The highest BCUT2D eigenvalue weighted by Crippen LogP contribution is 2.34. The lowest BCUT2D eigenvalue weighted by Gasteiger charge is -2.16. The van der Waals surface area contributed by atoms with Gasteiger partial charge in [0, 0.05) is 34.8 Å². The molecule has 0 aliphatic rings. The summed E-state index contributed by atoms with van der Waals surface area (Å²) in [5.41, 5.74) is 3.10. The molecule has 0 radical (unpaired) electrons. The number of hydrogen-bond acceptors (Lipinski definition) is 3. The van der Waals surface area contributed by atoms with E-state index in [1.54, 1.807) is 0 Å². The molecule has 3 aromatic rings. The maximum Gasteiger partial charge on any atom is 0.163 e. The summed E-state index contributed by atoms with van der Waals surface area (Å²) in [5, 5.41) is 4.73. The standard InChI is InChI=1S/C23H23Cl2NO2/c1-2-27-22-12-19(15-26-14-17-8-4-3-5-9-17)21(25)13-23(22)28-16-18-10-6-7-11-20(18)24/h3-13,26H,2,14-16H2,1H3. The molecule has 5 heteroatoms. The predicted molar refractivity (Wildman–Crippen MR) is 115 cm³/mol. The zero-order valence-corrected chi connectivity index (χ0v) is 17.3. The number of ether oxygens (including phenoxy) is 2. The van der Waals surface area contributed by atoms with Gasteiger partial charge in [0.1, 0.15) is 6.61 Å². The first-order chi connectivity index (χ1) is 13.7. The van der Waals surface area contributed by atoms with Gasteiger partial charge < -0.3 is 14.8 Å². The maximum absolute atomic E-state index is 6.49. The molecule has 0 bridgehead atoms. The van der Waals surface area contributed by atoms with Crippen molar-refractivity contribution in [3.8, 4) is 11.5 Å². The molecule has 3 nitrogen and oxygen atoms in total. The Morgan fingerprint density at radius 1 is 0.750 bits per heavy atom. The molecule has 0 fully saturated rings. The second-order valence-electron chi connectivity index (χ2n) is 6.29. The lowest BCUT2D eigenvalue weighted by atomic mass is 10.1. The largest absolute Gasteiger partial charge is 0.490 e. The van der Waals surface area contributed by atoms with E-state index >= 15 is 0 Å². The van der Waals surface area contributed by atoms with Crippen molar-refractivity contribution in [1.82, 2.24) is 5.32 Å². The molecular weight excluding hydrogens is 393 g/mol. The van der Waals surface area contributed by atoms with E-state index in [-0.39, 0.29) is 0 Å². The molecule has 0 atom stereocenters. The molecular formula is C23H23Cl2NO2. The Hall–Kier alpha value is -2.20. The van der Waals surface area contributed by atoms with E-state index in [0.717, 1.165) is 17.7 Å². The second-order valence-corrected chi connectivity index (χ2v) is 7.11. The van der Waals surface area contributed by atoms with Crippen LogP contribution in [0.1, 0.15) is 23.6 Å². The first kappa shape index (κ1) is 20.5. The van der Waals surface area contributed by atoms with Crippen LogP contribution in [0, 0.1) is 0 Å². The van der Waals surface area contributed by atoms with E-state index in [0.29, 0.717) is 41.3 Å². The van der Waals surface area contributed by atoms with E-state index in [4.69, 9.17) is 32.7 Å². The Morgan fingerprint density at radius 2 is 1.46 bits per heavy atom. The first-order valence-corrected chi connectivity index (χ1v) is 9.99. The minimum Gasteiger partial charge on any atom is -0.490 e. The van der Waals surface area contributed by atoms with Crippen LogP contribution in [0.25, 0.3) is 0 Å². The molecule has 0 heterocycles. The Bertz CT molecular complexity index is 900. The van der Waals surface area contributed by atoms with Crippen molar-refractivity contribution in [1.29, 1.82) is 0 Å². The zero-order chi connectivity index (χ0) is 19.8. The fourth-order valence-electron chi connectivity index (χ4n) is 2.80. The summed E-state index contributed by atoms with van der Waals surface area (Å²) in [6, 6.07) is 21.6. The van der Waals surface area contributed by atoms with Crippen LogP contribution >= 0.6 is 23.2 Å². The highest BCUT2D eigenvalue weighted by molar-refractivity contribution is 6.31. The van der Waals surface area contributed by atoms with Crippen molar-refractivity contribution in [2.45, 2.75) is 26.6 Å². The van der Waals surface area contributed by atoms with Crippen molar-refractivity contribution in [2.75, 3.05) is 6.61 Å². The summed E-state index contributed by atoms with van der Waals surface area (Å²) < 4.78 is 11.7. The van der Waals surface area contributed by atoms with E-state index in [2.05, 4.69) is 17.4 Å². The zero-order valence-electron chi connectivity index (χ0n) is 15.8. The van der Waals surface area contributed by atoms with Gasteiger partial charge >= 0.3 is 0 Å². The molecule has 146 valence electrons. The highest BCUT2D eigenvalue weighted by atomic mass is 35.5. The first-order valence-electron chi connectivity index (χ1n) is 9.23. The molecule has 0 aliphatic carbocycles. The van der Waals surface area contributed by atoms with E-state index in [9.17, 15) is 0 Å². The summed E-state index contributed by atoms with van der Waals surface area (Å²) in [7, 11) is 0. The number of nitrogens with one attached hydrogen (secondary N) is 1. The molecule has 0 amide bonds. The maximum atomic E-state index is 6.49. The SMILES string of the molecule is CCOc1cc(CNCc2ccccc2)c(Cl)cc1OCc1ccccc1Cl. The Kier molecular flexibility index (Phi) is 7.61. The van der Waals surface area contributed by atoms with Crippen LogP contribution in [-0.4, -0.2) is 6.61 Å². The second kappa shape index (κ2) is 10.4. The number of halogens is 2. The molecule has 3 rings (SSSR count). The van der Waals surface area contributed by atoms with Gasteiger partial charge in [-0.25, -0.2) is 0 Å². The monoisotopic (exact) mass is 415 g/mol.